The Morgan fingerprint density at radius 3 is 2.71 bits per heavy atom. The van der Waals surface area contributed by atoms with Crippen LogP contribution in [0.4, 0.5) is 6.01 Å². The number of hydrogen-bond acceptors (Lipinski definition) is 5. The van der Waals surface area contributed by atoms with Crippen LogP contribution in [0.5, 0.6) is 5.75 Å². The summed E-state index contributed by atoms with van der Waals surface area (Å²) in [6.45, 7) is 2.53. The molecule has 0 unspecified atom stereocenters. The van der Waals surface area contributed by atoms with Gasteiger partial charge in [-0.2, -0.15) is 0 Å². The first-order chi connectivity index (χ1) is 11.7. The summed E-state index contributed by atoms with van der Waals surface area (Å²) in [7, 11) is 0. The molecule has 1 aromatic heterocycles. The summed E-state index contributed by atoms with van der Waals surface area (Å²) >= 11 is 3.33. The third-order valence-electron chi connectivity index (χ3n) is 3.14. The number of hydrogen-bond donors (Lipinski definition) is 1. The second kappa shape index (κ2) is 7.27. The monoisotopic (exact) mass is 387 g/mol. The van der Waals surface area contributed by atoms with Gasteiger partial charge in [-0.15, -0.1) is 5.10 Å². The number of ether oxygens (including phenoxy) is 1. The molecule has 6 nitrogen and oxygen atoms in total. The highest BCUT2D eigenvalue weighted by Crippen LogP contribution is 2.23. The number of anilines is 1. The van der Waals surface area contributed by atoms with Crippen LogP contribution < -0.4 is 10.1 Å². The van der Waals surface area contributed by atoms with Gasteiger partial charge in [-0.3, -0.25) is 10.1 Å². The van der Waals surface area contributed by atoms with Gasteiger partial charge in [-0.25, -0.2) is 0 Å². The fourth-order valence-corrected chi connectivity index (χ4v) is 2.45. The standard InChI is InChI=1S/C17H14BrN3O3/c1-2-23-14-8-6-11(7-9-14)16-20-21-17(24-16)19-15(22)12-4-3-5-13(18)10-12/h3-10H,2H2,1H3,(H,19,21,22). The summed E-state index contributed by atoms with van der Waals surface area (Å²) < 4.78 is 11.7. The Morgan fingerprint density at radius 1 is 1.21 bits per heavy atom. The zero-order chi connectivity index (χ0) is 16.9. The van der Waals surface area contributed by atoms with Gasteiger partial charge in [0.05, 0.1) is 6.61 Å². The molecule has 3 rings (SSSR count). The van der Waals surface area contributed by atoms with Crippen LogP contribution in [0.1, 0.15) is 17.3 Å². The third-order valence-corrected chi connectivity index (χ3v) is 3.64. The van der Waals surface area contributed by atoms with E-state index in [9.17, 15) is 4.79 Å². The van der Waals surface area contributed by atoms with Crippen LogP contribution in [0.15, 0.2) is 57.4 Å². The molecule has 0 aliphatic carbocycles. The van der Waals surface area contributed by atoms with E-state index in [-0.39, 0.29) is 11.9 Å². The molecule has 0 radical (unpaired) electrons. The lowest BCUT2D eigenvalue weighted by Crippen LogP contribution is -2.11. The van der Waals surface area contributed by atoms with Gasteiger partial charge in [-0.05, 0) is 49.4 Å². The Kier molecular flexibility index (Phi) is 4.90. The molecule has 1 amide bonds. The molecular formula is C17H14BrN3O3. The number of rotatable bonds is 5. The van der Waals surface area contributed by atoms with Crippen molar-refractivity contribution in [3.05, 3.63) is 58.6 Å². The first-order valence-corrected chi connectivity index (χ1v) is 8.08. The lowest BCUT2D eigenvalue weighted by Gasteiger charge is -2.02. The molecule has 0 fully saturated rings. The third kappa shape index (κ3) is 3.80. The largest absolute Gasteiger partial charge is 0.494 e. The lowest BCUT2D eigenvalue weighted by molar-refractivity contribution is 0.102. The van der Waals surface area contributed by atoms with E-state index in [0.717, 1.165) is 15.8 Å². The second-order valence-electron chi connectivity index (χ2n) is 4.83. The zero-order valence-electron chi connectivity index (χ0n) is 12.8. The van der Waals surface area contributed by atoms with Gasteiger partial charge in [-0.1, -0.05) is 27.1 Å². The molecule has 1 N–H and O–H groups in total. The Hall–Kier alpha value is -2.67. The summed E-state index contributed by atoms with van der Waals surface area (Å²) in [5, 5.41) is 10.4. The Balaban J connectivity index is 1.72. The van der Waals surface area contributed by atoms with E-state index in [2.05, 4.69) is 31.4 Å². The van der Waals surface area contributed by atoms with E-state index in [1.807, 2.05) is 37.3 Å². The molecule has 2 aromatic carbocycles. The van der Waals surface area contributed by atoms with Crippen molar-refractivity contribution in [1.82, 2.24) is 10.2 Å². The average molecular weight is 388 g/mol. The van der Waals surface area contributed by atoms with Crippen LogP contribution in [0, 0.1) is 0 Å². The molecule has 0 saturated heterocycles. The normalized spacial score (nSPS) is 10.4. The van der Waals surface area contributed by atoms with Gasteiger partial charge in [0.1, 0.15) is 5.75 Å². The van der Waals surface area contributed by atoms with Crippen molar-refractivity contribution in [3.8, 4) is 17.2 Å². The van der Waals surface area contributed by atoms with Gasteiger partial charge in [0.2, 0.25) is 5.89 Å². The van der Waals surface area contributed by atoms with Crippen molar-refractivity contribution in [1.29, 1.82) is 0 Å². The maximum Gasteiger partial charge on any atom is 0.322 e. The van der Waals surface area contributed by atoms with Crippen LogP contribution in [-0.2, 0) is 0 Å². The van der Waals surface area contributed by atoms with Crippen LogP contribution in [-0.4, -0.2) is 22.7 Å². The molecular weight excluding hydrogens is 374 g/mol. The lowest BCUT2D eigenvalue weighted by atomic mass is 10.2. The van der Waals surface area contributed by atoms with Gasteiger partial charge in [0.25, 0.3) is 5.91 Å². The molecule has 122 valence electrons. The van der Waals surface area contributed by atoms with E-state index in [1.165, 1.54) is 0 Å². The van der Waals surface area contributed by atoms with E-state index in [4.69, 9.17) is 9.15 Å². The quantitative estimate of drug-likeness (QED) is 0.711. The molecule has 0 aliphatic rings. The number of amides is 1. The summed E-state index contributed by atoms with van der Waals surface area (Å²) in [4.78, 5) is 12.2. The fraction of sp³-hybridized carbons (Fsp3) is 0.118. The molecule has 1 heterocycles. The van der Waals surface area contributed by atoms with Crippen LogP contribution >= 0.6 is 15.9 Å². The smallest absolute Gasteiger partial charge is 0.322 e. The molecule has 0 aliphatic heterocycles. The van der Waals surface area contributed by atoms with Crippen molar-refractivity contribution in [2.75, 3.05) is 11.9 Å². The Morgan fingerprint density at radius 2 is 2.00 bits per heavy atom. The van der Waals surface area contributed by atoms with Crippen molar-refractivity contribution in [3.63, 3.8) is 0 Å². The number of carbonyl (C=O) groups is 1. The SMILES string of the molecule is CCOc1ccc(-c2nnc(NC(=O)c3cccc(Br)c3)o2)cc1. The minimum absolute atomic E-state index is 0.0452. The molecule has 0 spiro atoms. The molecule has 7 heteroatoms. The zero-order valence-corrected chi connectivity index (χ0v) is 14.4. The summed E-state index contributed by atoms with van der Waals surface area (Å²) in [6.07, 6.45) is 0. The molecule has 0 saturated carbocycles. The predicted octanol–water partition coefficient (Wildman–Crippen LogP) is 4.15. The number of nitrogens with zero attached hydrogens (tertiary/aromatic N) is 2. The first kappa shape index (κ1) is 16.2. The summed E-state index contributed by atoms with van der Waals surface area (Å²) in [6, 6.07) is 14.3. The number of nitrogens with one attached hydrogen (secondary N) is 1. The van der Waals surface area contributed by atoms with Gasteiger partial charge < -0.3 is 9.15 Å². The Bertz CT molecular complexity index is 846. The maximum absolute atomic E-state index is 12.2. The first-order valence-electron chi connectivity index (χ1n) is 7.29. The van der Waals surface area contributed by atoms with E-state index < -0.39 is 0 Å². The number of halogens is 1. The van der Waals surface area contributed by atoms with Gasteiger partial charge in [0.15, 0.2) is 0 Å². The Labute approximate surface area is 147 Å². The molecule has 0 bridgehead atoms. The fourth-order valence-electron chi connectivity index (χ4n) is 2.05. The van der Waals surface area contributed by atoms with Crippen LogP contribution in [0.3, 0.4) is 0 Å². The van der Waals surface area contributed by atoms with Crippen LogP contribution in [0.25, 0.3) is 11.5 Å². The topological polar surface area (TPSA) is 77.3 Å². The highest BCUT2D eigenvalue weighted by Gasteiger charge is 2.13. The van der Waals surface area contributed by atoms with Crippen molar-refractivity contribution < 1.29 is 13.9 Å². The van der Waals surface area contributed by atoms with E-state index >= 15 is 0 Å². The molecule has 24 heavy (non-hydrogen) atoms. The number of carbonyl (C=O) groups excluding carboxylic acids is 1. The predicted molar refractivity (Wildman–Crippen MR) is 93.0 cm³/mol. The highest BCUT2D eigenvalue weighted by atomic mass is 79.9. The minimum Gasteiger partial charge on any atom is -0.494 e. The van der Waals surface area contributed by atoms with Gasteiger partial charge in [0, 0.05) is 15.6 Å². The summed E-state index contributed by atoms with van der Waals surface area (Å²) in [5.74, 6) is 0.768. The number of benzene rings is 2. The summed E-state index contributed by atoms with van der Waals surface area (Å²) in [5.41, 5.74) is 1.24. The average Bonchev–Trinajstić information content (AvgIpc) is 3.04. The van der Waals surface area contributed by atoms with E-state index in [0.29, 0.717) is 18.1 Å². The number of aromatic nitrogens is 2. The minimum atomic E-state index is -0.321. The molecule has 3 aromatic rings. The van der Waals surface area contributed by atoms with Crippen molar-refractivity contribution in [2.24, 2.45) is 0 Å². The second-order valence-corrected chi connectivity index (χ2v) is 5.75. The van der Waals surface area contributed by atoms with Crippen molar-refractivity contribution in [2.45, 2.75) is 6.92 Å². The van der Waals surface area contributed by atoms with Crippen molar-refractivity contribution >= 4 is 27.9 Å². The van der Waals surface area contributed by atoms with E-state index in [1.54, 1.807) is 18.2 Å². The maximum atomic E-state index is 12.2. The molecule has 0 atom stereocenters. The van der Waals surface area contributed by atoms with Crippen LogP contribution in [0.2, 0.25) is 0 Å². The van der Waals surface area contributed by atoms with Gasteiger partial charge >= 0.3 is 6.01 Å². The highest BCUT2D eigenvalue weighted by molar-refractivity contribution is 9.10.